The first kappa shape index (κ1) is 8.68. The minimum absolute atomic E-state index is 0.312. The van der Waals surface area contributed by atoms with Gasteiger partial charge in [-0.15, -0.1) is 0 Å². The lowest BCUT2D eigenvalue weighted by atomic mass is 10.2. The fraction of sp³-hybridized carbons (Fsp3) is 0.375. The van der Waals surface area contributed by atoms with Gasteiger partial charge in [0.25, 0.3) is 0 Å². The van der Waals surface area contributed by atoms with E-state index in [1.165, 1.54) is 0 Å². The maximum atomic E-state index is 4.30. The molecule has 60 valence electrons. The summed E-state index contributed by atoms with van der Waals surface area (Å²) in [5.74, 6) is 0. The minimum atomic E-state index is 0.312. The fourth-order valence-electron chi connectivity index (χ4n) is 0.813. The van der Waals surface area contributed by atoms with Crippen molar-refractivity contribution in [3.63, 3.8) is 0 Å². The van der Waals surface area contributed by atoms with Crippen LogP contribution in [-0.2, 0) is 0 Å². The zero-order valence-corrected chi connectivity index (χ0v) is 8.22. The summed E-state index contributed by atoms with van der Waals surface area (Å²) >= 11 is 3.32. The predicted octanol–water partition coefficient (Wildman–Crippen LogP) is 2.12. The molecule has 1 N–H and O–H groups in total. The van der Waals surface area contributed by atoms with Crippen LogP contribution in [0.15, 0.2) is 22.8 Å². The van der Waals surface area contributed by atoms with Gasteiger partial charge in [-0.3, -0.25) is 0 Å². The fourth-order valence-corrected chi connectivity index (χ4v) is 1.17. The summed E-state index contributed by atoms with van der Waals surface area (Å²) in [5, 5.41) is 3.13. The van der Waals surface area contributed by atoms with Crippen molar-refractivity contribution in [1.29, 1.82) is 0 Å². The second-order valence-corrected chi connectivity index (χ2v) is 3.21. The van der Waals surface area contributed by atoms with Crippen LogP contribution in [0, 0.1) is 0 Å². The van der Waals surface area contributed by atoms with Crippen LogP contribution >= 0.6 is 15.9 Å². The summed E-state index contributed by atoms with van der Waals surface area (Å²) in [6.07, 6.45) is 0. The van der Waals surface area contributed by atoms with E-state index in [0.717, 1.165) is 10.3 Å². The molecule has 0 unspecified atom stereocenters. The molecule has 0 saturated heterocycles. The number of hydrogen-bond acceptors (Lipinski definition) is 2. The van der Waals surface area contributed by atoms with Crippen molar-refractivity contribution >= 4 is 15.9 Å². The minimum Gasteiger partial charge on any atom is -0.312 e. The number of halogens is 1. The average Bonchev–Trinajstić information content (AvgIpc) is 2.03. The third-order valence-corrected chi connectivity index (χ3v) is 2.05. The van der Waals surface area contributed by atoms with Gasteiger partial charge < -0.3 is 5.32 Å². The van der Waals surface area contributed by atoms with E-state index in [4.69, 9.17) is 0 Å². The quantitative estimate of drug-likeness (QED) is 0.764. The molecule has 11 heavy (non-hydrogen) atoms. The summed E-state index contributed by atoms with van der Waals surface area (Å²) in [6.45, 7) is 2.08. The lowest BCUT2D eigenvalue weighted by Gasteiger charge is -2.08. The SMILES string of the molecule is CN[C@@H](C)c1cccc(Br)n1. The van der Waals surface area contributed by atoms with Gasteiger partial charge in [0.15, 0.2) is 0 Å². The molecule has 0 bridgehead atoms. The first-order valence-corrected chi connectivity index (χ1v) is 4.33. The van der Waals surface area contributed by atoms with Gasteiger partial charge in [-0.1, -0.05) is 6.07 Å². The van der Waals surface area contributed by atoms with E-state index in [9.17, 15) is 0 Å². The highest BCUT2D eigenvalue weighted by atomic mass is 79.9. The summed E-state index contributed by atoms with van der Waals surface area (Å²) in [6, 6.07) is 6.23. The Hall–Kier alpha value is -0.410. The van der Waals surface area contributed by atoms with E-state index in [0.29, 0.717) is 6.04 Å². The van der Waals surface area contributed by atoms with Gasteiger partial charge in [0, 0.05) is 6.04 Å². The Balaban J connectivity index is 2.86. The number of nitrogens with zero attached hydrogens (tertiary/aromatic N) is 1. The zero-order valence-electron chi connectivity index (χ0n) is 6.63. The normalized spacial score (nSPS) is 13.0. The Morgan fingerprint density at radius 2 is 2.27 bits per heavy atom. The Morgan fingerprint density at radius 1 is 1.55 bits per heavy atom. The second-order valence-electron chi connectivity index (χ2n) is 2.40. The van der Waals surface area contributed by atoms with Gasteiger partial charge >= 0.3 is 0 Å². The topological polar surface area (TPSA) is 24.9 Å². The van der Waals surface area contributed by atoms with Crippen molar-refractivity contribution < 1.29 is 0 Å². The molecule has 0 aliphatic carbocycles. The molecule has 0 fully saturated rings. The van der Waals surface area contributed by atoms with Gasteiger partial charge in [-0.25, -0.2) is 4.98 Å². The number of rotatable bonds is 2. The first-order valence-electron chi connectivity index (χ1n) is 3.53. The van der Waals surface area contributed by atoms with Gasteiger partial charge in [-0.2, -0.15) is 0 Å². The van der Waals surface area contributed by atoms with E-state index in [1.807, 2.05) is 25.2 Å². The molecule has 1 atom stereocenters. The van der Waals surface area contributed by atoms with E-state index in [-0.39, 0.29) is 0 Å². The molecular weight excluding hydrogens is 204 g/mol. The number of aromatic nitrogens is 1. The Bertz CT molecular complexity index is 237. The summed E-state index contributed by atoms with van der Waals surface area (Å²) in [5.41, 5.74) is 1.06. The molecule has 0 aliphatic heterocycles. The van der Waals surface area contributed by atoms with Gasteiger partial charge in [0.05, 0.1) is 5.69 Å². The predicted molar refractivity (Wildman–Crippen MR) is 49.4 cm³/mol. The van der Waals surface area contributed by atoms with Gasteiger partial charge in [0.1, 0.15) is 4.60 Å². The molecule has 0 aliphatic rings. The van der Waals surface area contributed by atoms with E-state index < -0.39 is 0 Å². The monoisotopic (exact) mass is 214 g/mol. The van der Waals surface area contributed by atoms with Crippen LogP contribution in [-0.4, -0.2) is 12.0 Å². The molecule has 1 rings (SSSR count). The Labute approximate surface area is 75.2 Å². The third kappa shape index (κ3) is 2.27. The largest absolute Gasteiger partial charge is 0.312 e. The van der Waals surface area contributed by atoms with Crippen molar-refractivity contribution in [2.45, 2.75) is 13.0 Å². The molecular formula is C8H11BrN2. The van der Waals surface area contributed by atoms with Crippen LogP contribution in [0.2, 0.25) is 0 Å². The standard InChI is InChI=1S/C8H11BrN2/c1-6(10-2)7-4-3-5-8(9)11-7/h3-6,10H,1-2H3/t6-/m0/s1. The van der Waals surface area contributed by atoms with E-state index in [1.54, 1.807) is 0 Å². The summed E-state index contributed by atoms with van der Waals surface area (Å²) < 4.78 is 0.886. The van der Waals surface area contributed by atoms with Crippen LogP contribution in [0.1, 0.15) is 18.7 Å². The van der Waals surface area contributed by atoms with Gasteiger partial charge in [-0.05, 0) is 42.0 Å². The van der Waals surface area contributed by atoms with Crippen molar-refractivity contribution in [1.82, 2.24) is 10.3 Å². The van der Waals surface area contributed by atoms with Crippen molar-refractivity contribution in [3.8, 4) is 0 Å². The highest BCUT2D eigenvalue weighted by Gasteiger charge is 2.02. The third-order valence-electron chi connectivity index (χ3n) is 1.61. The molecule has 3 heteroatoms. The summed E-state index contributed by atoms with van der Waals surface area (Å²) in [4.78, 5) is 4.30. The van der Waals surface area contributed by atoms with E-state index in [2.05, 4.69) is 33.2 Å². The van der Waals surface area contributed by atoms with Crippen LogP contribution in [0.4, 0.5) is 0 Å². The molecule has 0 radical (unpaired) electrons. The number of nitrogens with one attached hydrogen (secondary N) is 1. The van der Waals surface area contributed by atoms with Crippen LogP contribution in [0.3, 0.4) is 0 Å². The van der Waals surface area contributed by atoms with Crippen molar-refractivity contribution in [3.05, 3.63) is 28.5 Å². The zero-order chi connectivity index (χ0) is 8.27. The second kappa shape index (κ2) is 3.83. The molecule has 0 saturated carbocycles. The molecule has 0 aromatic carbocycles. The number of hydrogen-bond donors (Lipinski definition) is 1. The Kier molecular flexibility index (Phi) is 3.02. The van der Waals surface area contributed by atoms with E-state index >= 15 is 0 Å². The van der Waals surface area contributed by atoms with Crippen LogP contribution in [0.25, 0.3) is 0 Å². The van der Waals surface area contributed by atoms with Crippen LogP contribution in [0.5, 0.6) is 0 Å². The summed E-state index contributed by atoms with van der Waals surface area (Å²) in [7, 11) is 1.92. The maximum absolute atomic E-state index is 4.30. The molecule has 2 nitrogen and oxygen atoms in total. The lowest BCUT2D eigenvalue weighted by Crippen LogP contribution is -2.13. The highest BCUT2D eigenvalue weighted by molar-refractivity contribution is 9.10. The molecule has 1 heterocycles. The molecule has 1 aromatic rings. The van der Waals surface area contributed by atoms with Crippen molar-refractivity contribution in [2.75, 3.05) is 7.05 Å². The molecule has 1 aromatic heterocycles. The lowest BCUT2D eigenvalue weighted by molar-refractivity contribution is 0.631. The Morgan fingerprint density at radius 3 is 2.82 bits per heavy atom. The first-order chi connectivity index (χ1) is 5.24. The van der Waals surface area contributed by atoms with Crippen LogP contribution < -0.4 is 5.32 Å². The average molecular weight is 215 g/mol. The smallest absolute Gasteiger partial charge is 0.106 e. The highest BCUT2D eigenvalue weighted by Crippen LogP contribution is 2.12. The van der Waals surface area contributed by atoms with Gasteiger partial charge in [0.2, 0.25) is 0 Å². The molecule has 0 spiro atoms. The number of pyridine rings is 1. The van der Waals surface area contributed by atoms with Crippen molar-refractivity contribution in [2.24, 2.45) is 0 Å². The molecule has 0 amide bonds. The maximum Gasteiger partial charge on any atom is 0.106 e.